The van der Waals surface area contributed by atoms with Crippen LogP contribution < -0.4 is 16.0 Å². The second-order valence-corrected chi connectivity index (χ2v) is 4.19. The zero-order chi connectivity index (χ0) is 13.8. The molecule has 2 amide bonds. The first-order valence-electron chi connectivity index (χ1n) is 5.78. The van der Waals surface area contributed by atoms with Crippen LogP contribution in [0.4, 0.5) is 8.78 Å². The molecule has 1 atom stereocenters. The van der Waals surface area contributed by atoms with Gasteiger partial charge in [0, 0.05) is 18.7 Å². The smallest absolute Gasteiger partial charge is 0.239 e. The SMILES string of the molecule is O=C1CNC(C(=O)NCc2cc(F)ccc2F)CN1. The average molecular weight is 269 g/mol. The minimum Gasteiger partial charge on any atom is -0.353 e. The molecule has 0 aromatic heterocycles. The van der Waals surface area contributed by atoms with Crippen molar-refractivity contribution in [3.8, 4) is 0 Å². The summed E-state index contributed by atoms with van der Waals surface area (Å²) in [7, 11) is 0. The van der Waals surface area contributed by atoms with Crippen LogP contribution in [0.1, 0.15) is 5.56 Å². The first kappa shape index (κ1) is 13.4. The summed E-state index contributed by atoms with van der Waals surface area (Å²) in [4.78, 5) is 22.6. The molecule has 1 fully saturated rings. The van der Waals surface area contributed by atoms with Crippen molar-refractivity contribution < 1.29 is 18.4 Å². The van der Waals surface area contributed by atoms with Crippen molar-refractivity contribution in [3.05, 3.63) is 35.4 Å². The van der Waals surface area contributed by atoms with Crippen LogP contribution in [0.2, 0.25) is 0 Å². The zero-order valence-corrected chi connectivity index (χ0v) is 10.0. The van der Waals surface area contributed by atoms with Gasteiger partial charge in [-0.15, -0.1) is 0 Å². The van der Waals surface area contributed by atoms with Crippen LogP contribution in [-0.2, 0) is 16.1 Å². The van der Waals surface area contributed by atoms with E-state index < -0.39 is 17.7 Å². The molecule has 1 aromatic carbocycles. The monoisotopic (exact) mass is 269 g/mol. The first-order chi connectivity index (χ1) is 9.06. The summed E-state index contributed by atoms with van der Waals surface area (Å²) in [6.07, 6.45) is 0. The molecule has 19 heavy (non-hydrogen) atoms. The molecule has 102 valence electrons. The van der Waals surface area contributed by atoms with Gasteiger partial charge in [0.05, 0.1) is 6.54 Å². The van der Waals surface area contributed by atoms with Crippen molar-refractivity contribution in [2.45, 2.75) is 12.6 Å². The predicted molar refractivity (Wildman–Crippen MR) is 63.0 cm³/mol. The van der Waals surface area contributed by atoms with Gasteiger partial charge in [0.15, 0.2) is 0 Å². The molecule has 0 aliphatic carbocycles. The molecule has 1 heterocycles. The molecule has 1 aromatic rings. The van der Waals surface area contributed by atoms with Gasteiger partial charge in [0.2, 0.25) is 11.8 Å². The molecule has 0 bridgehead atoms. The Bertz CT molecular complexity index is 498. The van der Waals surface area contributed by atoms with E-state index in [4.69, 9.17) is 0 Å². The van der Waals surface area contributed by atoms with Crippen molar-refractivity contribution in [2.24, 2.45) is 0 Å². The molecule has 0 radical (unpaired) electrons. The number of hydrogen-bond acceptors (Lipinski definition) is 3. The summed E-state index contributed by atoms with van der Waals surface area (Å²) >= 11 is 0. The summed E-state index contributed by atoms with van der Waals surface area (Å²) in [5, 5.41) is 7.77. The number of amides is 2. The van der Waals surface area contributed by atoms with E-state index in [1.165, 1.54) is 0 Å². The molecule has 1 unspecified atom stereocenters. The Labute approximate surface area is 108 Å². The van der Waals surface area contributed by atoms with E-state index in [0.717, 1.165) is 18.2 Å². The Kier molecular flexibility index (Phi) is 4.06. The molecule has 1 saturated heterocycles. The van der Waals surface area contributed by atoms with E-state index in [1.54, 1.807) is 0 Å². The quantitative estimate of drug-likeness (QED) is 0.703. The largest absolute Gasteiger partial charge is 0.353 e. The number of hydrogen-bond donors (Lipinski definition) is 3. The second kappa shape index (κ2) is 5.75. The van der Waals surface area contributed by atoms with Crippen LogP contribution in [-0.4, -0.2) is 30.9 Å². The van der Waals surface area contributed by atoms with E-state index in [2.05, 4.69) is 16.0 Å². The van der Waals surface area contributed by atoms with Crippen LogP contribution in [0.5, 0.6) is 0 Å². The number of carbonyl (C=O) groups excluding carboxylic acids is 2. The van der Waals surface area contributed by atoms with E-state index in [1.807, 2.05) is 0 Å². The van der Waals surface area contributed by atoms with Crippen molar-refractivity contribution in [3.63, 3.8) is 0 Å². The number of carbonyl (C=O) groups is 2. The maximum Gasteiger partial charge on any atom is 0.239 e. The van der Waals surface area contributed by atoms with Crippen molar-refractivity contribution >= 4 is 11.8 Å². The van der Waals surface area contributed by atoms with Gasteiger partial charge in [0.25, 0.3) is 0 Å². The highest BCUT2D eigenvalue weighted by Gasteiger charge is 2.23. The predicted octanol–water partition coefficient (Wildman–Crippen LogP) is -0.331. The Morgan fingerprint density at radius 3 is 2.89 bits per heavy atom. The van der Waals surface area contributed by atoms with E-state index >= 15 is 0 Å². The van der Waals surface area contributed by atoms with Gasteiger partial charge in [0.1, 0.15) is 17.7 Å². The van der Waals surface area contributed by atoms with Crippen molar-refractivity contribution in [1.29, 1.82) is 0 Å². The van der Waals surface area contributed by atoms with Gasteiger partial charge in [-0.1, -0.05) is 0 Å². The maximum absolute atomic E-state index is 13.3. The maximum atomic E-state index is 13.3. The zero-order valence-electron chi connectivity index (χ0n) is 10.0. The van der Waals surface area contributed by atoms with Gasteiger partial charge in [-0.05, 0) is 18.2 Å². The molecule has 1 aliphatic heterocycles. The molecular weight excluding hydrogens is 256 g/mol. The highest BCUT2D eigenvalue weighted by molar-refractivity contribution is 5.86. The van der Waals surface area contributed by atoms with Crippen LogP contribution in [0.25, 0.3) is 0 Å². The summed E-state index contributed by atoms with van der Waals surface area (Å²) in [5.41, 5.74) is 0.0770. The summed E-state index contributed by atoms with van der Waals surface area (Å²) in [5.74, 6) is -1.69. The summed E-state index contributed by atoms with van der Waals surface area (Å²) in [6, 6.07) is 2.50. The lowest BCUT2D eigenvalue weighted by Gasteiger charge is -2.23. The van der Waals surface area contributed by atoms with Crippen molar-refractivity contribution in [2.75, 3.05) is 13.1 Å². The molecule has 2 rings (SSSR count). The number of nitrogens with one attached hydrogen (secondary N) is 3. The van der Waals surface area contributed by atoms with E-state index in [9.17, 15) is 18.4 Å². The lowest BCUT2D eigenvalue weighted by Crippen LogP contribution is -2.57. The molecule has 5 nitrogen and oxygen atoms in total. The summed E-state index contributed by atoms with van der Waals surface area (Å²) in [6.45, 7) is 0.136. The second-order valence-electron chi connectivity index (χ2n) is 4.19. The first-order valence-corrected chi connectivity index (χ1v) is 5.78. The Morgan fingerprint density at radius 1 is 1.42 bits per heavy atom. The number of rotatable bonds is 3. The highest BCUT2D eigenvalue weighted by Crippen LogP contribution is 2.09. The third-order valence-electron chi connectivity index (χ3n) is 2.79. The third kappa shape index (κ3) is 3.47. The lowest BCUT2D eigenvalue weighted by molar-refractivity contribution is -0.126. The number of piperazine rings is 1. The molecule has 0 spiro atoms. The van der Waals surface area contributed by atoms with Gasteiger partial charge in [-0.25, -0.2) is 8.78 Å². The topological polar surface area (TPSA) is 70.2 Å². The molecule has 7 heteroatoms. The standard InChI is InChI=1S/C12H13F2N3O2/c13-8-1-2-9(14)7(3-8)4-17-12(19)10-5-16-11(18)6-15-10/h1-3,10,15H,4-6H2,(H,16,18)(H,17,19). The minimum absolute atomic E-state index is 0.0619. The van der Waals surface area contributed by atoms with Gasteiger partial charge in [-0.3, -0.25) is 14.9 Å². The van der Waals surface area contributed by atoms with Crippen LogP contribution in [0.3, 0.4) is 0 Å². The van der Waals surface area contributed by atoms with Crippen LogP contribution in [0, 0.1) is 11.6 Å². The van der Waals surface area contributed by atoms with Crippen LogP contribution >= 0.6 is 0 Å². The lowest BCUT2D eigenvalue weighted by atomic mass is 10.2. The van der Waals surface area contributed by atoms with Gasteiger partial charge in [-0.2, -0.15) is 0 Å². The van der Waals surface area contributed by atoms with E-state index in [0.29, 0.717) is 0 Å². The highest BCUT2D eigenvalue weighted by atomic mass is 19.1. The normalized spacial score (nSPS) is 18.8. The minimum atomic E-state index is -0.577. The van der Waals surface area contributed by atoms with Gasteiger partial charge >= 0.3 is 0 Å². The van der Waals surface area contributed by atoms with E-state index in [-0.39, 0.29) is 37.0 Å². The number of halogens is 2. The molecular formula is C12H13F2N3O2. The fraction of sp³-hybridized carbons (Fsp3) is 0.333. The summed E-state index contributed by atoms with van der Waals surface area (Å²) < 4.78 is 26.3. The molecule has 1 aliphatic rings. The average Bonchev–Trinajstić information content (AvgIpc) is 2.40. The Hall–Kier alpha value is -2.02. The van der Waals surface area contributed by atoms with Crippen molar-refractivity contribution in [1.82, 2.24) is 16.0 Å². The van der Waals surface area contributed by atoms with Crippen LogP contribution in [0.15, 0.2) is 18.2 Å². The molecule has 0 saturated carbocycles. The Balaban J connectivity index is 1.89. The third-order valence-corrected chi connectivity index (χ3v) is 2.79. The fourth-order valence-corrected chi connectivity index (χ4v) is 1.74. The number of benzene rings is 1. The Morgan fingerprint density at radius 2 is 2.21 bits per heavy atom. The fourth-order valence-electron chi connectivity index (χ4n) is 1.74. The van der Waals surface area contributed by atoms with Gasteiger partial charge < -0.3 is 10.6 Å². The molecule has 3 N–H and O–H groups in total.